The van der Waals surface area contributed by atoms with Crippen LogP contribution in [0.3, 0.4) is 0 Å². The fraction of sp³-hybridized carbons (Fsp3) is 0.200. The van der Waals surface area contributed by atoms with Crippen molar-refractivity contribution in [3.05, 3.63) is 54.2 Å². The minimum Gasteiger partial charge on any atom is -0.494 e. The normalized spacial score (nSPS) is 11.2. The fourth-order valence-corrected chi connectivity index (χ4v) is 3.81. The number of pyridine rings is 1. The molecule has 0 radical (unpaired) electrons. The summed E-state index contributed by atoms with van der Waals surface area (Å²) < 4.78 is 31.6. The lowest BCUT2D eigenvalue weighted by atomic mass is 10.1. The molecule has 0 aliphatic rings. The van der Waals surface area contributed by atoms with Crippen molar-refractivity contribution >= 4 is 38.2 Å². The third-order valence-corrected chi connectivity index (χ3v) is 5.39. The van der Waals surface area contributed by atoms with Crippen molar-refractivity contribution in [3.8, 4) is 5.75 Å². The van der Waals surface area contributed by atoms with E-state index < -0.39 is 15.9 Å². The number of anilines is 2. The molecule has 0 fully saturated rings. The van der Waals surface area contributed by atoms with Gasteiger partial charge in [0.05, 0.1) is 17.0 Å². The van der Waals surface area contributed by atoms with E-state index in [2.05, 4.69) is 10.3 Å². The highest BCUT2D eigenvalue weighted by Crippen LogP contribution is 2.30. The lowest BCUT2D eigenvalue weighted by Gasteiger charge is -2.13. The quantitative estimate of drug-likeness (QED) is 0.658. The molecule has 8 heteroatoms. The number of nitrogens with one attached hydrogen (secondary N) is 2. The first-order valence-electron chi connectivity index (χ1n) is 8.73. The van der Waals surface area contributed by atoms with E-state index in [9.17, 15) is 13.2 Å². The molecule has 0 unspecified atom stereocenters. The van der Waals surface area contributed by atoms with Gasteiger partial charge in [-0.2, -0.15) is 0 Å². The van der Waals surface area contributed by atoms with Gasteiger partial charge in [-0.15, -0.1) is 0 Å². The van der Waals surface area contributed by atoms with Crippen molar-refractivity contribution in [1.29, 1.82) is 0 Å². The van der Waals surface area contributed by atoms with Crippen LogP contribution in [0.5, 0.6) is 5.75 Å². The molecule has 2 aromatic carbocycles. The summed E-state index contributed by atoms with van der Waals surface area (Å²) in [6, 6.07) is 13.8. The summed E-state index contributed by atoms with van der Waals surface area (Å²) in [4.78, 5) is 15.6. The number of carbonyl (C=O) groups is 1. The molecular formula is C20H21N3O4S. The molecule has 0 saturated heterocycles. The first-order valence-corrected chi connectivity index (χ1v) is 10.2. The molecule has 3 aromatic rings. The number of aromatic nitrogens is 1. The number of benzene rings is 2. The maximum atomic E-state index is 12.1. The average molecular weight is 399 g/mol. The number of sulfonamides is 1. The van der Waals surface area contributed by atoms with Gasteiger partial charge in [0.15, 0.2) is 0 Å². The van der Waals surface area contributed by atoms with Gasteiger partial charge in [0, 0.05) is 29.4 Å². The zero-order valence-electron chi connectivity index (χ0n) is 15.8. The van der Waals surface area contributed by atoms with Crippen molar-refractivity contribution in [3.63, 3.8) is 0 Å². The second-order valence-electron chi connectivity index (χ2n) is 6.23. The molecule has 0 atom stereocenters. The van der Waals surface area contributed by atoms with E-state index in [1.165, 1.54) is 12.1 Å². The summed E-state index contributed by atoms with van der Waals surface area (Å²) in [5.41, 5.74) is 3.22. The summed E-state index contributed by atoms with van der Waals surface area (Å²) in [7, 11) is -3.86. The first-order chi connectivity index (χ1) is 13.3. The third kappa shape index (κ3) is 4.40. The highest BCUT2D eigenvalue weighted by molar-refractivity contribution is 7.90. The fourth-order valence-electron chi connectivity index (χ4n) is 2.82. The van der Waals surface area contributed by atoms with Crippen molar-refractivity contribution in [2.45, 2.75) is 25.7 Å². The lowest BCUT2D eigenvalue weighted by Crippen LogP contribution is -2.28. The molecule has 1 heterocycles. The van der Waals surface area contributed by atoms with Gasteiger partial charge in [0.25, 0.3) is 10.0 Å². The predicted molar refractivity (Wildman–Crippen MR) is 108 cm³/mol. The van der Waals surface area contributed by atoms with Crippen LogP contribution in [0, 0.1) is 6.92 Å². The summed E-state index contributed by atoms with van der Waals surface area (Å²) in [6.45, 7) is 5.55. The molecule has 1 amide bonds. The SMILES string of the molecule is CCOc1ccc2nc(C)cc(Nc3ccc(S(=O)(=O)NC(C)=O)cc3)c2c1. The van der Waals surface area contributed by atoms with E-state index in [-0.39, 0.29) is 4.90 Å². The number of hydrogen-bond donors (Lipinski definition) is 2. The number of fused-ring (bicyclic) bond motifs is 1. The van der Waals surface area contributed by atoms with Gasteiger partial charge < -0.3 is 10.1 Å². The maximum absolute atomic E-state index is 12.1. The second kappa shape index (κ2) is 7.85. The Labute approximate surface area is 163 Å². The van der Waals surface area contributed by atoms with E-state index in [4.69, 9.17) is 4.74 Å². The summed E-state index contributed by atoms with van der Waals surface area (Å²) in [6.07, 6.45) is 0. The monoisotopic (exact) mass is 399 g/mol. The Morgan fingerprint density at radius 2 is 1.82 bits per heavy atom. The number of nitrogens with zero attached hydrogens (tertiary/aromatic N) is 1. The smallest absolute Gasteiger partial charge is 0.264 e. The van der Waals surface area contributed by atoms with Crippen LogP contribution in [0.15, 0.2) is 53.4 Å². The molecule has 2 N–H and O–H groups in total. The van der Waals surface area contributed by atoms with E-state index in [0.717, 1.165) is 35.0 Å². The number of rotatable bonds is 6. The van der Waals surface area contributed by atoms with Crippen LogP contribution < -0.4 is 14.8 Å². The molecule has 0 aliphatic carbocycles. The maximum Gasteiger partial charge on any atom is 0.264 e. The Bertz CT molecular complexity index is 1130. The Kier molecular flexibility index (Phi) is 5.51. The Morgan fingerprint density at radius 3 is 2.46 bits per heavy atom. The second-order valence-corrected chi connectivity index (χ2v) is 7.92. The molecule has 0 aliphatic heterocycles. The van der Waals surface area contributed by atoms with E-state index in [1.54, 1.807) is 12.1 Å². The molecule has 1 aromatic heterocycles. The molecule has 0 bridgehead atoms. The van der Waals surface area contributed by atoms with Gasteiger partial charge in [-0.1, -0.05) is 0 Å². The zero-order valence-corrected chi connectivity index (χ0v) is 16.6. The standard InChI is InChI=1S/C20H21N3O4S/c1-4-27-16-7-10-19-18(12-16)20(11-13(2)21-19)22-15-5-8-17(9-6-15)28(25,26)23-14(3)24/h5-12H,4H2,1-3H3,(H,21,22)(H,23,24). The van der Waals surface area contributed by atoms with Crippen LogP contribution in [0.1, 0.15) is 19.5 Å². The largest absolute Gasteiger partial charge is 0.494 e. The van der Waals surface area contributed by atoms with Crippen LogP contribution >= 0.6 is 0 Å². The minimum atomic E-state index is -3.86. The number of ether oxygens (including phenoxy) is 1. The van der Waals surface area contributed by atoms with Gasteiger partial charge in [0.2, 0.25) is 5.91 Å². The first kappa shape index (κ1) is 19.6. The summed E-state index contributed by atoms with van der Waals surface area (Å²) in [5, 5.41) is 4.19. The van der Waals surface area contributed by atoms with Crippen LogP contribution in [-0.2, 0) is 14.8 Å². The predicted octanol–water partition coefficient (Wildman–Crippen LogP) is 3.51. The molecule has 3 rings (SSSR count). The molecular weight excluding hydrogens is 378 g/mol. The molecule has 7 nitrogen and oxygen atoms in total. The van der Waals surface area contributed by atoms with E-state index in [1.807, 2.05) is 42.8 Å². The van der Waals surface area contributed by atoms with Gasteiger partial charge in [-0.05, 0) is 62.4 Å². The molecule has 0 saturated carbocycles. The van der Waals surface area contributed by atoms with Gasteiger partial charge in [0.1, 0.15) is 5.75 Å². The van der Waals surface area contributed by atoms with Crippen molar-refractivity contribution < 1.29 is 17.9 Å². The van der Waals surface area contributed by atoms with E-state index in [0.29, 0.717) is 12.3 Å². The van der Waals surface area contributed by atoms with Crippen LogP contribution in [0.25, 0.3) is 10.9 Å². The van der Waals surface area contributed by atoms with Crippen molar-refractivity contribution in [1.82, 2.24) is 9.71 Å². The van der Waals surface area contributed by atoms with Crippen molar-refractivity contribution in [2.24, 2.45) is 0 Å². The lowest BCUT2D eigenvalue weighted by molar-refractivity contribution is -0.117. The molecule has 0 spiro atoms. The highest BCUT2D eigenvalue weighted by Gasteiger charge is 2.15. The minimum absolute atomic E-state index is 0.0163. The highest BCUT2D eigenvalue weighted by atomic mass is 32.2. The van der Waals surface area contributed by atoms with Crippen LogP contribution in [0.4, 0.5) is 11.4 Å². The Morgan fingerprint density at radius 1 is 1.11 bits per heavy atom. The summed E-state index contributed by atoms with van der Waals surface area (Å²) in [5.74, 6) is 0.117. The number of amides is 1. The van der Waals surface area contributed by atoms with Gasteiger partial charge >= 0.3 is 0 Å². The van der Waals surface area contributed by atoms with Crippen LogP contribution in [-0.4, -0.2) is 25.9 Å². The van der Waals surface area contributed by atoms with E-state index >= 15 is 0 Å². The zero-order chi connectivity index (χ0) is 20.3. The molecule has 146 valence electrons. The van der Waals surface area contributed by atoms with Gasteiger partial charge in [-0.3, -0.25) is 9.78 Å². The van der Waals surface area contributed by atoms with Crippen LogP contribution in [0.2, 0.25) is 0 Å². The number of carbonyl (C=O) groups excluding carboxylic acids is 1. The van der Waals surface area contributed by atoms with Gasteiger partial charge in [-0.25, -0.2) is 13.1 Å². The number of aryl methyl sites for hydroxylation is 1. The molecule has 28 heavy (non-hydrogen) atoms. The summed E-state index contributed by atoms with van der Waals surface area (Å²) >= 11 is 0. The Balaban J connectivity index is 1.94. The Hall–Kier alpha value is -3.13. The van der Waals surface area contributed by atoms with Crippen molar-refractivity contribution in [2.75, 3.05) is 11.9 Å². The average Bonchev–Trinajstić information content (AvgIpc) is 2.62. The topological polar surface area (TPSA) is 97.4 Å². The number of hydrogen-bond acceptors (Lipinski definition) is 6. The third-order valence-electron chi connectivity index (χ3n) is 3.94.